The van der Waals surface area contributed by atoms with E-state index in [1.54, 1.807) is 31.2 Å². The van der Waals surface area contributed by atoms with Gasteiger partial charge in [0.05, 0.1) is 28.6 Å². The number of ether oxygens (including phenoxy) is 2. The minimum atomic E-state index is -3.22. The summed E-state index contributed by atoms with van der Waals surface area (Å²) in [5, 5.41) is 2.89. The van der Waals surface area contributed by atoms with E-state index >= 15 is 0 Å². The molecule has 0 saturated carbocycles. The van der Waals surface area contributed by atoms with Gasteiger partial charge in [-0.2, -0.15) is 0 Å². The van der Waals surface area contributed by atoms with Gasteiger partial charge in [-0.3, -0.25) is 9.20 Å². The number of pyridine rings is 2. The molecule has 3 aromatic rings. The van der Waals surface area contributed by atoms with Crippen LogP contribution in [0.25, 0.3) is 5.65 Å². The highest BCUT2D eigenvalue weighted by molar-refractivity contribution is 7.92. The van der Waals surface area contributed by atoms with Gasteiger partial charge in [-0.1, -0.05) is 0 Å². The lowest BCUT2D eigenvalue weighted by atomic mass is 10.00. The molecular formula is C23H25F3N4O5S. The number of imidazole rings is 1. The van der Waals surface area contributed by atoms with Gasteiger partial charge in [0, 0.05) is 12.1 Å². The summed E-state index contributed by atoms with van der Waals surface area (Å²) in [5.41, 5.74) is 1.11. The number of aromatic nitrogens is 3. The van der Waals surface area contributed by atoms with Gasteiger partial charge in [-0.05, 0) is 45.7 Å². The molecule has 9 nitrogen and oxygen atoms in total. The molecule has 36 heavy (non-hydrogen) atoms. The lowest BCUT2D eigenvalue weighted by Crippen LogP contribution is -2.49. The molecule has 1 aliphatic rings. The molecule has 1 saturated heterocycles. The number of carbonyl (C=O) groups is 1. The van der Waals surface area contributed by atoms with Crippen molar-refractivity contribution in [3.05, 3.63) is 47.8 Å². The average molecular weight is 527 g/mol. The molecule has 0 bridgehead atoms. The Hall–Kier alpha value is -3.35. The van der Waals surface area contributed by atoms with Crippen molar-refractivity contribution in [3.8, 4) is 17.4 Å². The molecule has 1 amide bonds. The largest absolute Gasteiger partial charge is 0.482 e. The van der Waals surface area contributed by atoms with Gasteiger partial charge in [-0.25, -0.2) is 31.6 Å². The van der Waals surface area contributed by atoms with Gasteiger partial charge in [-0.15, -0.1) is 0 Å². The van der Waals surface area contributed by atoms with E-state index < -0.39 is 39.3 Å². The molecule has 4 heterocycles. The average Bonchev–Trinajstić information content (AvgIpc) is 3.12. The number of hydrogen-bond acceptors (Lipinski definition) is 7. The number of hydrogen-bond donors (Lipinski definition) is 1. The molecule has 1 fully saturated rings. The third-order valence-electron chi connectivity index (χ3n) is 6.06. The predicted molar refractivity (Wildman–Crippen MR) is 124 cm³/mol. The van der Waals surface area contributed by atoms with Crippen molar-refractivity contribution in [1.29, 1.82) is 0 Å². The quantitative estimate of drug-likeness (QED) is 0.500. The van der Waals surface area contributed by atoms with Crippen molar-refractivity contribution in [2.24, 2.45) is 0 Å². The highest BCUT2D eigenvalue weighted by atomic mass is 32.2. The van der Waals surface area contributed by atoms with Crippen LogP contribution in [-0.2, 0) is 9.84 Å². The highest BCUT2D eigenvalue weighted by Crippen LogP contribution is 2.32. The van der Waals surface area contributed by atoms with Gasteiger partial charge >= 0.3 is 0 Å². The van der Waals surface area contributed by atoms with Crippen molar-refractivity contribution in [2.75, 3.05) is 12.4 Å². The molecule has 0 aromatic carbocycles. The van der Waals surface area contributed by atoms with E-state index in [1.807, 2.05) is 0 Å². The number of fused-ring (bicyclic) bond motifs is 1. The molecule has 3 aromatic heterocycles. The Bertz CT molecular complexity index is 1410. The van der Waals surface area contributed by atoms with Crippen LogP contribution < -0.4 is 14.8 Å². The molecule has 1 N–H and O–H groups in total. The van der Waals surface area contributed by atoms with E-state index in [4.69, 9.17) is 9.47 Å². The number of alkyl halides is 2. The minimum Gasteiger partial charge on any atom is -0.482 e. The Morgan fingerprint density at radius 2 is 2.08 bits per heavy atom. The van der Waals surface area contributed by atoms with E-state index in [9.17, 15) is 26.4 Å². The number of aryl methyl sites for hydroxylation is 1. The van der Waals surface area contributed by atoms with Crippen molar-refractivity contribution in [1.82, 2.24) is 19.7 Å². The number of carbonyl (C=O) groups excluding carboxylic acids is 1. The molecule has 4 rings (SSSR count). The maximum Gasteiger partial charge on any atom is 0.272 e. The van der Waals surface area contributed by atoms with Crippen LogP contribution >= 0.6 is 0 Å². The van der Waals surface area contributed by atoms with Gasteiger partial charge in [0.2, 0.25) is 0 Å². The van der Waals surface area contributed by atoms with Crippen molar-refractivity contribution >= 4 is 21.4 Å². The Morgan fingerprint density at radius 1 is 1.33 bits per heavy atom. The first-order valence-corrected chi connectivity index (χ1v) is 12.8. The van der Waals surface area contributed by atoms with Crippen LogP contribution in [0.2, 0.25) is 0 Å². The highest BCUT2D eigenvalue weighted by Gasteiger charge is 2.41. The number of nitrogens with zero attached hydrogens (tertiary/aromatic N) is 3. The second-order valence-electron chi connectivity index (χ2n) is 9.14. The number of amides is 1. The SMILES string of the molecule is Cc1c(C(=O)NC2CCS(=O)(=O)C(C)(C)C2)nc2ccc(Oc3ncc(F)cc3OCC(F)F)cn12. The van der Waals surface area contributed by atoms with Crippen LogP contribution in [0.1, 0.15) is 42.9 Å². The second kappa shape index (κ2) is 9.60. The number of sulfone groups is 1. The predicted octanol–water partition coefficient (Wildman–Crippen LogP) is 3.70. The first kappa shape index (κ1) is 25.7. The molecule has 0 aliphatic carbocycles. The summed E-state index contributed by atoms with van der Waals surface area (Å²) >= 11 is 0. The minimum absolute atomic E-state index is 0.00374. The number of halogens is 3. The molecule has 13 heteroatoms. The molecule has 1 unspecified atom stereocenters. The lowest BCUT2D eigenvalue weighted by Gasteiger charge is -2.35. The maximum absolute atomic E-state index is 13.5. The molecule has 0 spiro atoms. The fraction of sp³-hybridized carbons (Fsp3) is 0.435. The van der Waals surface area contributed by atoms with E-state index in [0.717, 1.165) is 12.3 Å². The fourth-order valence-electron chi connectivity index (χ4n) is 4.04. The van der Waals surface area contributed by atoms with Crippen LogP contribution in [0.5, 0.6) is 17.4 Å². The summed E-state index contributed by atoms with van der Waals surface area (Å²) in [6.07, 6.45) is 0.243. The third-order valence-corrected chi connectivity index (χ3v) is 8.68. The van der Waals surface area contributed by atoms with Gasteiger partial charge in [0.15, 0.2) is 15.6 Å². The standard InChI is InChI=1S/C23H25F3N4O5S/c1-13-20(21(31)28-15-6-7-36(32,33)23(2,3)9-15)29-19-5-4-16(11-30(13)19)35-22-17(34-12-18(25)26)8-14(24)10-27-22/h4-5,8,10-11,15,18H,6-7,9,12H2,1-3H3,(H,28,31). The molecular weight excluding hydrogens is 501 g/mol. The summed E-state index contributed by atoms with van der Waals surface area (Å²) in [7, 11) is -3.22. The Morgan fingerprint density at radius 3 is 2.78 bits per heavy atom. The molecule has 0 radical (unpaired) electrons. The fourth-order valence-corrected chi connectivity index (χ4v) is 5.65. The Kier molecular flexibility index (Phi) is 6.86. The summed E-state index contributed by atoms with van der Waals surface area (Å²) in [4.78, 5) is 21.1. The van der Waals surface area contributed by atoms with Crippen LogP contribution in [0.3, 0.4) is 0 Å². The van der Waals surface area contributed by atoms with Gasteiger partial charge < -0.3 is 14.8 Å². The summed E-state index contributed by atoms with van der Waals surface area (Å²) in [6.45, 7) is 4.03. The second-order valence-corrected chi connectivity index (χ2v) is 11.9. The molecule has 1 atom stereocenters. The Labute approximate surface area is 205 Å². The zero-order chi connectivity index (χ0) is 26.3. The topological polar surface area (TPSA) is 112 Å². The van der Waals surface area contributed by atoms with Gasteiger partial charge in [0.1, 0.15) is 29.5 Å². The number of nitrogens with one attached hydrogen (secondary N) is 1. The first-order chi connectivity index (χ1) is 16.9. The van der Waals surface area contributed by atoms with Gasteiger partial charge in [0.25, 0.3) is 18.2 Å². The zero-order valence-corrected chi connectivity index (χ0v) is 20.6. The molecule has 194 valence electrons. The monoisotopic (exact) mass is 526 g/mol. The van der Waals surface area contributed by atoms with Crippen LogP contribution in [0, 0.1) is 12.7 Å². The van der Waals surface area contributed by atoms with E-state index in [0.29, 0.717) is 24.2 Å². The summed E-state index contributed by atoms with van der Waals surface area (Å²) < 4.78 is 74.3. The van der Waals surface area contributed by atoms with E-state index in [1.165, 1.54) is 12.3 Å². The van der Waals surface area contributed by atoms with Crippen molar-refractivity contribution in [2.45, 2.75) is 50.8 Å². The first-order valence-electron chi connectivity index (χ1n) is 11.1. The summed E-state index contributed by atoms with van der Waals surface area (Å²) in [6, 6.07) is 3.69. The normalized spacial score (nSPS) is 18.8. The van der Waals surface area contributed by atoms with Crippen LogP contribution in [0.4, 0.5) is 13.2 Å². The van der Waals surface area contributed by atoms with Crippen LogP contribution in [0.15, 0.2) is 30.6 Å². The van der Waals surface area contributed by atoms with E-state index in [2.05, 4.69) is 15.3 Å². The maximum atomic E-state index is 13.5. The summed E-state index contributed by atoms with van der Waals surface area (Å²) in [5.74, 6) is -1.48. The van der Waals surface area contributed by atoms with Crippen LogP contribution in [-0.4, -0.2) is 58.3 Å². The molecule has 1 aliphatic heterocycles. The third kappa shape index (κ3) is 5.25. The van der Waals surface area contributed by atoms with Crippen molar-refractivity contribution in [3.63, 3.8) is 0 Å². The smallest absolute Gasteiger partial charge is 0.272 e. The number of rotatable bonds is 7. The lowest BCUT2D eigenvalue weighted by molar-refractivity contribution is 0.0802. The Balaban J connectivity index is 1.54. The van der Waals surface area contributed by atoms with Crippen molar-refractivity contribution < 1.29 is 35.9 Å². The van der Waals surface area contributed by atoms with E-state index in [-0.39, 0.29) is 34.9 Å². The zero-order valence-electron chi connectivity index (χ0n) is 19.8.